The first-order chi connectivity index (χ1) is 13.7. The van der Waals surface area contributed by atoms with E-state index in [9.17, 15) is 4.79 Å². The van der Waals surface area contributed by atoms with Gasteiger partial charge in [-0.05, 0) is 35.4 Å². The van der Waals surface area contributed by atoms with Crippen LogP contribution in [0.1, 0.15) is 21.7 Å². The van der Waals surface area contributed by atoms with Gasteiger partial charge >= 0.3 is 0 Å². The minimum absolute atomic E-state index is 0.169. The zero-order valence-corrected chi connectivity index (χ0v) is 15.3. The Bertz CT molecular complexity index is 1140. The summed E-state index contributed by atoms with van der Waals surface area (Å²) in [6, 6.07) is 21.2. The van der Waals surface area contributed by atoms with E-state index in [4.69, 9.17) is 9.94 Å². The second kappa shape index (κ2) is 7.54. The molecular weight excluding hydrogens is 354 g/mol. The molecule has 0 aliphatic heterocycles. The number of carbonyl (C=O) groups is 1. The van der Waals surface area contributed by atoms with Crippen LogP contribution in [-0.4, -0.2) is 28.2 Å². The van der Waals surface area contributed by atoms with Gasteiger partial charge in [-0.2, -0.15) is 0 Å². The molecule has 6 nitrogen and oxygen atoms in total. The largest absolute Gasteiger partial charge is 0.497 e. The van der Waals surface area contributed by atoms with Crippen molar-refractivity contribution in [2.75, 3.05) is 7.11 Å². The lowest BCUT2D eigenvalue weighted by molar-refractivity contribution is 0.0700. The number of rotatable bonds is 5. The molecule has 0 atom stereocenters. The number of amides is 1. The highest BCUT2D eigenvalue weighted by atomic mass is 16.5. The summed E-state index contributed by atoms with van der Waals surface area (Å²) in [5.41, 5.74) is 6.65. The lowest BCUT2D eigenvalue weighted by atomic mass is 10.0. The van der Waals surface area contributed by atoms with Crippen LogP contribution in [0, 0.1) is 0 Å². The van der Waals surface area contributed by atoms with Gasteiger partial charge in [0.2, 0.25) is 0 Å². The van der Waals surface area contributed by atoms with Crippen molar-refractivity contribution < 1.29 is 14.7 Å². The number of pyridine rings is 1. The highest BCUT2D eigenvalue weighted by molar-refractivity contribution is 5.92. The summed E-state index contributed by atoms with van der Waals surface area (Å²) in [6.45, 7) is 0. The third kappa shape index (κ3) is 3.33. The van der Waals surface area contributed by atoms with Gasteiger partial charge in [-0.3, -0.25) is 10.0 Å². The van der Waals surface area contributed by atoms with Gasteiger partial charge in [0.15, 0.2) is 0 Å². The number of aromatic nitrogens is 2. The van der Waals surface area contributed by atoms with Gasteiger partial charge in [-0.25, -0.2) is 10.5 Å². The van der Waals surface area contributed by atoms with E-state index in [-0.39, 0.29) is 5.69 Å². The van der Waals surface area contributed by atoms with E-state index in [1.54, 1.807) is 24.7 Å². The summed E-state index contributed by atoms with van der Waals surface area (Å²) in [6.07, 6.45) is 0.531. The Morgan fingerprint density at radius 1 is 1.11 bits per heavy atom. The van der Waals surface area contributed by atoms with Gasteiger partial charge in [0.25, 0.3) is 5.91 Å². The number of hydrogen-bond acceptors (Lipinski definition) is 4. The van der Waals surface area contributed by atoms with Crippen LogP contribution in [0.4, 0.5) is 0 Å². The highest BCUT2D eigenvalue weighted by Crippen LogP contribution is 2.33. The topological polar surface area (TPSA) is 87.2 Å². The van der Waals surface area contributed by atoms with E-state index in [0.29, 0.717) is 6.42 Å². The number of nitrogens with zero attached hydrogens (tertiary/aromatic N) is 1. The van der Waals surface area contributed by atoms with E-state index in [0.717, 1.165) is 39.2 Å². The summed E-state index contributed by atoms with van der Waals surface area (Å²) in [7, 11) is 1.64. The number of aromatic amines is 1. The van der Waals surface area contributed by atoms with Crippen molar-refractivity contribution in [2.24, 2.45) is 0 Å². The number of fused-ring (bicyclic) bond motifs is 1. The van der Waals surface area contributed by atoms with Crippen molar-refractivity contribution in [1.29, 1.82) is 0 Å². The number of H-pyrrole nitrogens is 1. The maximum Gasteiger partial charge on any atom is 0.293 e. The smallest absolute Gasteiger partial charge is 0.293 e. The van der Waals surface area contributed by atoms with Gasteiger partial charge in [0.05, 0.1) is 12.8 Å². The second-order valence-corrected chi connectivity index (χ2v) is 6.39. The number of benzene rings is 2. The van der Waals surface area contributed by atoms with Crippen LogP contribution in [0.25, 0.3) is 22.2 Å². The lowest BCUT2D eigenvalue weighted by Gasteiger charge is -2.07. The SMILES string of the molecule is COc1ccc2c(Cc3cccc(C(=O)NO)n3)c(-c3ccccc3)[nH]c2c1. The molecule has 3 N–H and O–H groups in total. The molecule has 0 spiro atoms. The molecule has 0 radical (unpaired) electrons. The van der Waals surface area contributed by atoms with Crippen LogP contribution in [0.3, 0.4) is 0 Å². The number of carbonyl (C=O) groups excluding carboxylic acids is 1. The third-order valence-electron chi connectivity index (χ3n) is 4.67. The molecule has 0 aliphatic rings. The molecule has 1 amide bonds. The molecule has 4 aromatic rings. The summed E-state index contributed by atoms with van der Waals surface area (Å²) < 4.78 is 5.35. The van der Waals surface area contributed by atoms with Crippen LogP contribution in [0.2, 0.25) is 0 Å². The van der Waals surface area contributed by atoms with Crippen molar-refractivity contribution >= 4 is 16.8 Å². The Labute approximate surface area is 161 Å². The average molecular weight is 373 g/mol. The monoisotopic (exact) mass is 373 g/mol. The molecule has 0 bridgehead atoms. The molecule has 4 rings (SSSR count). The fraction of sp³-hybridized carbons (Fsp3) is 0.0909. The lowest BCUT2D eigenvalue weighted by Crippen LogP contribution is -2.20. The highest BCUT2D eigenvalue weighted by Gasteiger charge is 2.16. The van der Waals surface area contributed by atoms with E-state index in [2.05, 4.69) is 22.1 Å². The molecule has 6 heteroatoms. The van der Waals surface area contributed by atoms with Crippen LogP contribution in [0.5, 0.6) is 5.75 Å². The van der Waals surface area contributed by atoms with Gasteiger partial charge in [0, 0.05) is 29.1 Å². The first kappa shape index (κ1) is 17.8. The Hall–Kier alpha value is -3.64. The number of nitrogens with one attached hydrogen (secondary N) is 2. The predicted octanol–water partition coefficient (Wildman–Crippen LogP) is 3.95. The first-order valence-corrected chi connectivity index (χ1v) is 8.84. The molecule has 0 saturated heterocycles. The van der Waals surface area contributed by atoms with Crippen molar-refractivity contribution in [3.05, 3.63) is 83.7 Å². The maximum atomic E-state index is 11.7. The summed E-state index contributed by atoms with van der Waals surface area (Å²) in [5.74, 6) is 0.147. The molecule has 0 fully saturated rings. The standard InChI is InChI=1S/C22H19N3O3/c1-28-16-10-11-17-18(12-15-8-5-9-19(23-15)22(26)25-27)21(24-20(17)13-16)14-6-3-2-4-7-14/h2-11,13,24,27H,12H2,1H3,(H,25,26). The van der Waals surface area contributed by atoms with Crippen molar-refractivity contribution in [3.8, 4) is 17.0 Å². The van der Waals surface area contributed by atoms with Gasteiger partial charge in [0.1, 0.15) is 11.4 Å². The van der Waals surface area contributed by atoms with E-state index < -0.39 is 5.91 Å². The van der Waals surface area contributed by atoms with E-state index in [1.807, 2.05) is 42.5 Å². The second-order valence-electron chi connectivity index (χ2n) is 6.39. The zero-order valence-electron chi connectivity index (χ0n) is 15.3. The third-order valence-corrected chi connectivity index (χ3v) is 4.67. The quantitative estimate of drug-likeness (QED) is 0.365. The average Bonchev–Trinajstić information content (AvgIpc) is 3.11. The molecule has 140 valence electrons. The maximum absolute atomic E-state index is 11.7. The van der Waals surface area contributed by atoms with Crippen molar-refractivity contribution in [3.63, 3.8) is 0 Å². The van der Waals surface area contributed by atoms with Gasteiger partial charge in [-0.1, -0.05) is 36.4 Å². The molecule has 0 aliphatic carbocycles. The van der Waals surface area contributed by atoms with Crippen LogP contribution < -0.4 is 10.2 Å². The fourth-order valence-electron chi connectivity index (χ4n) is 3.34. The van der Waals surface area contributed by atoms with Gasteiger partial charge < -0.3 is 9.72 Å². The molecule has 2 aromatic heterocycles. The van der Waals surface area contributed by atoms with E-state index in [1.165, 1.54) is 0 Å². The Morgan fingerprint density at radius 2 is 1.93 bits per heavy atom. The molecule has 0 saturated carbocycles. The number of hydrogen-bond donors (Lipinski definition) is 3. The minimum atomic E-state index is -0.631. The normalized spacial score (nSPS) is 10.8. The molecule has 0 unspecified atom stereocenters. The number of methoxy groups -OCH3 is 1. The summed E-state index contributed by atoms with van der Waals surface area (Å²) in [5, 5.41) is 9.93. The fourth-order valence-corrected chi connectivity index (χ4v) is 3.34. The molecular formula is C22H19N3O3. The Balaban J connectivity index is 1.84. The van der Waals surface area contributed by atoms with Crippen molar-refractivity contribution in [1.82, 2.24) is 15.4 Å². The van der Waals surface area contributed by atoms with Crippen LogP contribution in [0.15, 0.2) is 66.7 Å². The van der Waals surface area contributed by atoms with Crippen molar-refractivity contribution in [2.45, 2.75) is 6.42 Å². The van der Waals surface area contributed by atoms with Gasteiger partial charge in [-0.15, -0.1) is 0 Å². The summed E-state index contributed by atoms with van der Waals surface area (Å²) >= 11 is 0. The number of hydroxylamine groups is 1. The molecule has 2 heterocycles. The van der Waals surface area contributed by atoms with E-state index >= 15 is 0 Å². The molecule has 28 heavy (non-hydrogen) atoms. The predicted molar refractivity (Wildman–Crippen MR) is 107 cm³/mol. The summed E-state index contributed by atoms with van der Waals surface area (Å²) in [4.78, 5) is 19.6. The zero-order chi connectivity index (χ0) is 19.5. The Morgan fingerprint density at radius 3 is 2.68 bits per heavy atom. The number of ether oxygens (including phenoxy) is 1. The molecule has 2 aromatic carbocycles. The minimum Gasteiger partial charge on any atom is -0.497 e. The first-order valence-electron chi connectivity index (χ1n) is 8.84. The Kier molecular flexibility index (Phi) is 4.78. The van der Waals surface area contributed by atoms with Crippen LogP contribution >= 0.6 is 0 Å². The van der Waals surface area contributed by atoms with Crippen LogP contribution in [-0.2, 0) is 6.42 Å².